The highest BCUT2D eigenvalue weighted by Crippen LogP contribution is 2.17. The van der Waals surface area contributed by atoms with E-state index in [0.717, 1.165) is 5.52 Å². The number of anilines is 1. The lowest BCUT2D eigenvalue weighted by Crippen LogP contribution is -2.48. The van der Waals surface area contributed by atoms with E-state index in [9.17, 15) is 9.59 Å². The van der Waals surface area contributed by atoms with E-state index in [2.05, 4.69) is 26.9 Å². The van der Waals surface area contributed by atoms with Crippen molar-refractivity contribution < 1.29 is 18.7 Å². The molecule has 0 aliphatic rings. The molecule has 0 bridgehead atoms. The van der Waals surface area contributed by atoms with Crippen LogP contribution in [0, 0.1) is 12.3 Å². The summed E-state index contributed by atoms with van der Waals surface area (Å²) in [6.07, 6.45) is 4.65. The fourth-order valence-corrected chi connectivity index (χ4v) is 2.20. The summed E-state index contributed by atoms with van der Waals surface area (Å²) in [4.78, 5) is 28.4. The molecule has 0 saturated carbocycles. The Labute approximate surface area is 158 Å². The van der Waals surface area contributed by atoms with Crippen LogP contribution in [0.15, 0.2) is 28.7 Å². The smallest absolute Gasteiger partial charge is 0.408 e. The second-order valence-corrected chi connectivity index (χ2v) is 6.81. The number of rotatable bonds is 7. The van der Waals surface area contributed by atoms with Gasteiger partial charge in [-0.3, -0.25) is 4.79 Å². The lowest BCUT2D eigenvalue weighted by molar-refractivity contribution is -0.123. The second kappa shape index (κ2) is 8.94. The number of aromatic nitrogens is 1. The Kier molecular flexibility index (Phi) is 6.66. The number of hydrogen-bond donors (Lipinski definition) is 3. The largest absolute Gasteiger partial charge is 0.444 e. The van der Waals surface area contributed by atoms with Gasteiger partial charge in [-0.15, -0.1) is 12.3 Å². The Bertz CT molecular complexity index is 799. The molecule has 0 spiro atoms. The van der Waals surface area contributed by atoms with Crippen molar-refractivity contribution in [3.8, 4) is 12.3 Å². The fraction of sp³-hybridized carbons (Fsp3) is 0.421. The second-order valence-electron chi connectivity index (χ2n) is 6.81. The molecule has 0 radical (unpaired) electrons. The van der Waals surface area contributed by atoms with E-state index in [1.807, 2.05) is 24.3 Å². The highest BCUT2D eigenvalue weighted by atomic mass is 16.6. The number of carbonyl (C=O) groups excluding carboxylic acids is 2. The van der Waals surface area contributed by atoms with Crippen LogP contribution in [0.4, 0.5) is 10.8 Å². The molecule has 1 atom stereocenters. The molecule has 27 heavy (non-hydrogen) atoms. The molecule has 0 aliphatic heterocycles. The summed E-state index contributed by atoms with van der Waals surface area (Å²) in [5.74, 6) is 1.99. The molecule has 144 valence electrons. The predicted molar refractivity (Wildman–Crippen MR) is 102 cm³/mol. The van der Waals surface area contributed by atoms with E-state index in [1.165, 1.54) is 0 Å². The minimum atomic E-state index is -0.867. The zero-order chi connectivity index (χ0) is 19.9. The van der Waals surface area contributed by atoms with Gasteiger partial charge in [0.15, 0.2) is 5.58 Å². The van der Waals surface area contributed by atoms with Gasteiger partial charge >= 0.3 is 6.09 Å². The molecule has 2 amide bonds. The van der Waals surface area contributed by atoms with E-state index < -0.39 is 23.6 Å². The van der Waals surface area contributed by atoms with Crippen molar-refractivity contribution in [1.29, 1.82) is 0 Å². The molecule has 0 fully saturated rings. The van der Waals surface area contributed by atoms with Crippen LogP contribution in [-0.4, -0.2) is 41.7 Å². The van der Waals surface area contributed by atoms with E-state index in [-0.39, 0.29) is 6.42 Å². The Morgan fingerprint density at radius 2 is 2.04 bits per heavy atom. The monoisotopic (exact) mass is 372 g/mol. The molecular weight excluding hydrogens is 348 g/mol. The van der Waals surface area contributed by atoms with Gasteiger partial charge in [0.2, 0.25) is 5.91 Å². The number of oxazole rings is 1. The van der Waals surface area contributed by atoms with Gasteiger partial charge in [0.05, 0.1) is 0 Å². The minimum Gasteiger partial charge on any atom is -0.444 e. The number of amides is 2. The number of nitrogens with zero attached hydrogens (tertiary/aromatic N) is 1. The van der Waals surface area contributed by atoms with Crippen LogP contribution in [-0.2, 0) is 9.53 Å². The quantitative estimate of drug-likeness (QED) is 0.509. The molecular formula is C19H24N4O4. The average molecular weight is 372 g/mol. The molecule has 0 aliphatic carbocycles. The van der Waals surface area contributed by atoms with Crippen LogP contribution in [0.3, 0.4) is 0 Å². The first-order valence-corrected chi connectivity index (χ1v) is 8.58. The minimum absolute atomic E-state index is 0.0592. The summed E-state index contributed by atoms with van der Waals surface area (Å²) < 4.78 is 10.7. The van der Waals surface area contributed by atoms with Gasteiger partial charge in [-0.25, -0.2) is 4.79 Å². The van der Waals surface area contributed by atoms with E-state index in [0.29, 0.717) is 24.7 Å². The molecule has 0 saturated heterocycles. The zero-order valence-electron chi connectivity index (χ0n) is 15.7. The van der Waals surface area contributed by atoms with Crippen molar-refractivity contribution in [2.24, 2.45) is 0 Å². The predicted octanol–water partition coefficient (Wildman–Crippen LogP) is 2.27. The SMILES string of the molecule is C#CC[C@H](NC(=O)OC(C)(C)C)C(=O)NCCNc1nc2ccccc2o1. The van der Waals surface area contributed by atoms with Crippen molar-refractivity contribution in [2.75, 3.05) is 18.4 Å². The Balaban J connectivity index is 1.79. The highest BCUT2D eigenvalue weighted by molar-refractivity contribution is 5.86. The average Bonchev–Trinajstić information content (AvgIpc) is 2.99. The Hall–Kier alpha value is -3.21. The third kappa shape index (κ3) is 6.55. The highest BCUT2D eigenvalue weighted by Gasteiger charge is 2.23. The van der Waals surface area contributed by atoms with Crippen molar-refractivity contribution in [3.05, 3.63) is 24.3 Å². The molecule has 2 aromatic rings. The van der Waals surface area contributed by atoms with Crippen molar-refractivity contribution in [2.45, 2.75) is 38.8 Å². The number of carbonyl (C=O) groups is 2. The maximum atomic E-state index is 12.2. The number of benzene rings is 1. The molecule has 1 heterocycles. The van der Waals surface area contributed by atoms with E-state index in [4.69, 9.17) is 15.6 Å². The van der Waals surface area contributed by atoms with Crippen LogP contribution in [0.5, 0.6) is 0 Å². The first kappa shape index (κ1) is 20.1. The molecule has 1 aromatic heterocycles. The van der Waals surface area contributed by atoms with Crippen molar-refractivity contribution >= 4 is 29.1 Å². The molecule has 3 N–H and O–H groups in total. The number of fused-ring (bicyclic) bond motifs is 1. The van der Waals surface area contributed by atoms with Gasteiger partial charge in [-0.2, -0.15) is 4.98 Å². The van der Waals surface area contributed by atoms with E-state index in [1.54, 1.807) is 20.8 Å². The van der Waals surface area contributed by atoms with Gasteiger partial charge in [0.25, 0.3) is 6.01 Å². The summed E-state index contributed by atoms with van der Waals surface area (Å²) in [6, 6.07) is 6.91. The van der Waals surface area contributed by atoms with Crippen LogP contribution >= 0.6 is 0 Å². The number of ether oxygens (including phenoxy) is 1. The lowest BCUT2D eigenvalue weighted by atomic mass is 10.2. The maximum absolute atomic E-state index is 12.2. The number of nitrogens with one attached hydrogen (secondary N) is 3. The molecule has 1 aromatic carbocycles. The molecule has 8 heteroatoms. The summed E-state index contributed by atoms with van der Waals surface area (Å²) in [5.41, 5.74) is 0.768. The number of para-hydroxylation sites is 2. The fourth-order valence-electron chi connectivity index (χ4n) is 2.20. The summed E-state index contributed by atoms with van der Waals surface area (Å²) in [5, 5.41) is 8.17. The number of terminal acetylenes is 1. The topological polar surface area (TPSA) is 105 Å². The summed E-state index contributed by atoms with van der Waals surface area (Å²) >= 11 is 0. The zero-order valence-corrected chi connectivity index (χ0v) is 15.7. The number of hydrogen-bond acceptors (Lipinski definition) is 6. The summed E-state index contributed by atoms with van der Waals surface area (Å²) in [6.45, 7) is 5.91. The first-order chi connectivity index (χ1) is 12.8. The molecule has 8 nitrogen and oxygen atoms in total. The van der Waals surface area contributed by atoms with Crippen molar-refractivity contribution in [3.63, 3.8) is 0 Å². The molecule has 0 unspecified atom stereocenters. The van der Waals surface area contributed by atoms with Gasteiger partial charge < -0.3 is 25.1 Å². The standard InChI is InChI=1S/C19H24N4O4/c1-5-8-14(23-18(25)27-19(2,3)4)16(24)20-11-12-21-17-22-13-9-6-7-10-15(13)26-17/h1,6-7,9-10,14H,8,11-12H2,2-4H3,(H,20,24)(H,21,22)(H,23,25)/t14-/m0/s1. The normalized spacial score (nSPS) is 12.1. The van der Waals surface area contributed by atoms with Crippen LogP contribution in [0.2, 0.25) is 0 Å². The molecule has 2 rings (SSSR count). The Morgan fingerprint density at radius 1 is 1.30 bits per heavy atom. The van der Waals surface area contributed by atoms with Crippen LogP contribution in [0.1, 0.15) is 27.2 Å². The third-order valence-corrected chi connectivity index (χ3v) is 3.32. The van der Waals surface area contributed by atoms with Gasteiger partial charge in [-0.05, 0) is 32.9 Å². The lowest BCUT2D eigenvalue weighted by Gasteiger charge is -2.22. The van der Waals surface area contributed by atoms with Crippen LogP contribution in [0.25, 0.3) is 11.1 Å². The summed E-state index contributed by atoms with van der Waals surface area (Å²) in [7, 11) is 0. The van der Waals surface area contributed by atoms with Crippen molar-refractivity contribution in [1.82, 2.24) is 15.6 Å². The number of alkyl carbamates (subject to hydrolysis) is 1. The van der Waals surface area contributed by atoms with Crippen LogP contribution < -0.4 is 16.0 Å². The first-order valence-electron chi connectivity index (χ1n) is 8.58. The maximum Gasteiger partial charge on any atom is 0.408 e. The van der Waals surface area contributed by atoms with Gasteiger partial charge in [-0.1, -0.05) is 12.1 Å². The third-order valence-electron chi connectivity index (χ3n) is 3.32. The van der Waals surface area contributed by atoms with E-state index >= 15 is 0 Å². The van der Waals surface area contributed by atoms with Gasteiger partial charge in [0.1, 0.15) is 17.2 Å². The van der Waals surface area contributed by atoms with Gasteiger partial charge in [0, 0.05) is 19.5 Å². The Morgan fingerprint density at radius 3 is 2.70 bits per heavy atom.